The number of methoxy groups -OCH3 is 1. The van der Waals surface area contributed by atoms with Gasteiger partial charge in [-0.15, -0.1) is 0 Å². The first-order valence-electron chi connectivity index (χ1n) is 19.1. The Morgan fingerprint density at radius 1 is 1.02 bits per heavy atom. The molecule has 3 fully saturated rings. The van der Waals surface area contributed by atoms with Crippen molar-refractivity contribution in [3.05, 3.63) is 35.9 Å². The van der Waals surface area contributed by atoms with E-state index in [1.54, 1.807) is 41.5 Å². The molecule has 3 aliphatic heterocycles. The highest BCUT2D eigenvalue weighted by Gasteiger charge is 2.61. The minimum atomic E-state index is -1.59. The SMILES string of the molecule is CC[C@@H]1OC(=O)[C@H](C)C(=O)[C@H](C)[C@@H](O[C@@H]2O[C@H](C)C[C@H](N(C)C)[C@H]2O)[C@](C)(OC)C[C@@H](C)C(=O)[C@@H](C)[C@H]2N(NC(=O)CCc3ccccc3)C(=O)O[C@]12C. The Labute approximate surface area is 319 Å². The van der Waals surface area contributed by atoms with Gasteiger partial charge in [0.05, 0.1) is 17.8 Å². The van der Waals surface area contributed by atoms with Gasteiger partial charge in [-0.1, -0.05) is 58.0 Å². The number of Topliss-reactive ketones (excluding diaryl/α,β-unsaturated/α-hetero) is 2. The summed E-state index contributed by atoms with van der Waals surface area (Å²) in [5.74, 6) is -6.04. The first kappa shape index (κ1) is 43.3. The number of ether oxygens (including phenoxy) is 5. The van der Waals surface area contributed by atoms with Crippen molar-refractivity contribution < 1.29 is 52.8 Å². The summed E-state index contributed by atoms with van der Waals surface area (Å²) in [6.45, 7) is 13.4. The van der Waals surface area contributed by atoms with E-state index in [0.29, 0.717) is 12.8 Å². The van der Waals surface area contributed by atoms with Crippen molar-refractivity contribution in [1.29, 1.82) is 0 Å². The topological polar surface area (TPSA) is 170 Å². The molecule has 0 bridgehead atoms. The van der Waals surface area contributed by atoms with Gasteiger partial charge in [-0.2, -0.15) is 0 Å². The minimum Gasteiger partial charge on any atom is -0.457 e. The van der Waals surface area contributed by atoms with Crippen LogP contribution in [0.5, 0.6) is 0 Å². The largest absolute Gasteiger partial charge is 0.457 e. The highest BCUT2D eigenvalue weighted by Crippen LogP contribution is 2.42. The predicted octanol–water partition coefficient (Wildman–Crippen LogP) is 3.85. The third kappa shape index (κ3) is 8.99. The van der Waals surface area contributed by atoms with Gasteiger partial charge < -0.3 is 33.7 Å². The number of nitrogens with zero attached hydrogens (tertiary/aromatic N) is 2. The Kier molecular flexibility index (Phi) is 14.1. The Balaban J connectivity index is 1.74. The summed E-state index contributed by atoms with van der Waals surface area (Å²) in [7, 11) is 5.16. The number of aliphatic hydroxyl groups is 1. The number of hydrogen-bond acceptors (Lipinski definition) is 12. The van der Waals surface area contributed by atoms with Crippen LogP contribution in [-0.2, 0) is 49.3 Å². The van der Waals surface area contributed by atoms with E-state index in [0.717, 1.165) is 10.6 Å². The van der Waals surface area contributed by atoms with Crippen molar-refractivity contribution >= 4 is 29.5 Å². The molecule has 3 saturated heterocycles. The molecular weight excluding hydrogens is 698 g/mol. The normalized spacial score (nSPS) is 38.4. The minimum absolute atomic E-state index is 0.0566. The Morgan fingerprint density at radius 2 is 1.67 bits per heavy atom. The lowest BCUT2D eigenvalue weighted by atomic mass is 9.73. The smallest absolute Gasteiger partial charge is 0.429 e. The molecule has 0 aromatic heterocycles. The van der Waals surface area contributed by atoms with E-state index in [-0.39, 0.29) is 37.2 Å². The number of carbonyl (C=O) groups is 5. The molecule has 0 aliphatic carbocycles. The van der Waals surface area contributed by atoms with Crippen LogP contribution < -0.4 is 5.43 Å². The third-order valence-corrected chi connectivity index (χ3v) is 11.8. The van der Waals surface area contributed by atoms with Crippen LogP contribution in [0.3, 0.4) is 0 Å². The van der Waals surface area contributed by atoms with E-state index in [2.05, 4.69) is 5.43 Å². The van der Waals surface area contributed by atoms with Gasteiger partial charge >= 0.3 is 12.1 Å². The molecule has 1 aromatic carbocycles. The van der Waals surface area contributed by atoms with Crippen molar-refractivity contribution in [2.45, 2.75) is 141 Å². The Morgan fingerprint density at radius 3 is 2.26 bits per heavy atom. The van der Waals surface area contributed by atoms with Crippen LogP contribution >= 0.6 is 0 Å². The van der Waals surface area contributed by atoms with Crippen LogP contribution in [0, 0.1) is 23.7 Å². The second kappa shape index (κ2) is 17.6. The number of hydrazine groups is 1. The maximum absolute atomic E-state index is 14.6. The van der Waals surface area contributed by atoms with Crippen molar-refractivity contribution in [3.8, 4) is 0 Å². The number of hydrogen-bond donors (Lipinski definition) is 2. The second-order valence-electron chi connectivity index (χ2n) is 16.1. The number of aryl methyl sites for hydroxylation is 1. The number of rotatable bonds is 9. The number of carbonyl (C=O) groups excluding carboxylic acids is 5. The molecular formula is C40H61N3O11. The summed E-state index contributed by atoms with van der Waals surface area (Å²) in [5, 5.41) is 12.4. The van der Waals surface area contributed by atoms with Gasteiger partial charge in [0.2, 0.25) is 5.91 Å². The summed E-state index contributed by atoms with van der Waals surface area (Å²) in [4.78, 5) is 71.5. The molecule has 3 aliphatic rings. The van der Waals surface area contributed by atoms with Crippen molar-refractivity contribution in [2.24, 2.45) is 23.7 Å². The van der Waals surface area contributed by atoms with Crippen molar-refractivity contribution in [1.82, 2.24) is 15.3 Å². The van der Waals surface area contributed by atoms with Gasteiger partial charge in [0.15, 0.2) is 17.7 Å². The predicted molar refractivity (Wildman–Crippen MR) is 198 cm³/mol. The molecule has 1 aromatic rings. The monoisotopic (exact) mass is 759 g/mol. The van der Waals surface area contributed by atoms with Crippen LogP contribution in [0.1, 0.15) is 86.6 Å². The van der Waals surface area contributed by atoms with Crippen LogP contribution in [-0.4, -0.2) is 120 Å². The van der Waals surface area contributed by atoms with Gasteiger partial charge in [0.1, 0.15) is 30.0 Å². The molecule has 0 spiro atoms. The highest BCUT2D eigenvalue weighted by molar-refractivity contribution is 6.00. The molecule has 2 amide bonds. The lowest BCUT2D eigenvalue weighted by Crippen LogP contribution is -2.61. The number of esters is 1. The molecule has 14 heteroatoms. The first-order chi connectivity index (χ1) is 25.3. The standard InChI is InChI=1S/C40H61N3O11/c1-12-29-40(8)34(43(38(49)54-40)41-30(44)19-18-27-16-14-13-15-17-27)24(4)31(45)22(2)21-39(7,50-11)35(25(5)32(46)26(6)36(48)52-29)53-37-33(47)28(42(9)10)20-23(3)51-37/h13-17,22-26,28-29,33-35,37,47H,12,18-21H2,1-11H3,(H,41,44)/t22-,23-,24-,25+,26-,28+,29+,33-,34-,35-,37+,39-,40-/m1/s1. The van der Waals surface area contributed by atoms with Crippen molar-refractivity contribution in [2.75, 3.05) is 21.2 Å². The van der Waals surface area contributed by atoms with Crippen LogP contribution in [0.2, 0.25) is 0 Å². The van der Waals surface area contributed by atoms with E-state index in [4.69, 9.17) is 23.7 Å². The van der Waals surface area contributed by atoms with E-state index in [9.17, 15) is 29.1 Å². The summed E-state index contributed by atoms with van der Waals surface area (Å²) in [6.07, 6.45) is -4.32. The molecule has 3 heterocycles. The Bertz CT molecular complexity index is 1510. The van der Waals surface area contributed by atoms with Gasteiger partial charge in [-0.25, -0.2) is 9.80 Å². The number of benzene rings is 1. The van der Waals surface area contributed by atoms with Crippen molar-refractivity contribution in [3.63, 3.8) is 0 Å². The Hall–Kier alpha value is -3.43. The molecule has 2 N–H and O–H groups in total. The highest BCUT2D eigenvalue weighted by atomic mass is 16.7. The van der Waals surface area contributed by atoms with E-state index >= 15 is 0 Å². The van der Waals surface area contributed by atoms with Crippen LogP contribution in [0.4, 0.5) is 4.79 Å². The fraction of sp³-hybridized carbons (Fsp3) is 0.725. The third-order valence-electron chi connectivity index (χ3n) is 11.8. The summed E-state index contributed by atoms with van der Waals surface area (Å²) in [5.41, 5.74) is 0.712. The average molecular weight is 760 g/mol. The lowest BCUT2D eigenvalue weighted by molar-refractivity contribution is -0.295. The molecule has 14 nitrogen and oxygen atoms in total. The second-order valence-corrected chi connectivity index (χ2v) is 16.1. The van der Waals surface area contributed by atoms with E-state index in [1.165, 1.54) is 14.0 Å². The zero-order valence-corrected chi connectivity index (χ0v) is 33.7. The van der Waals surface area contributed by atoms with E-state index in [1.807, 2.05) is 56.3 Å². The number of aliphatic hydroxyl groups excluding tert-OH is 1. The maximum Gasteiger partial charge on any atom is 0.429 e. The summed E-state index contributed by atoms with van der Waals surface area (Å²) < 4.78 is 30.8. The quantitative estimate of drug-likeness (QED) is 0.276. The molecule has 0 saturated carbocycles. The average Bonchev–Trinajstić information content (AvgIpc) is 3.39. The lowest BCUT2D eigenvalue weighted by Gasteiger charge is -2.47. The summed E-state index contributed by atoms with van der Waals surface area (Å²) in [6, 6.07) is 8.03. The van der Waals surface area contributed by atoms with Gasteiger partial charge in [-0.05, 0) is 73.0 Å². The number of ketones is 2. The fourth-order valence-corrected chi connectivity index (χ4v) is 8.58. The number of nitrogens with one attached hydrogen (secondary N) is 1. The number of amides is 2. The number of cyclic esters (lactones) is 1. The maximum atomic E-state index is 14.6. The molecule has 54 heavy (non-hydrogen) atoms. The van der Waals surface area contributed by atoms with Crippen LogP contribution in [0.15, 0.2) is 30.3 Å². The number of fused-ring (bicyclic) bond motifs is 1. The molecule has 4 rings (SSSR count). The zero-order valence-electron chi connectivity index (χ0n) is 33.7. The number of likely N-dealkylation sites (N-methyl/N-ethyl adjacent to an activating group) is 1. The zero-order chi connectivity index (χ0) is 40.3. The molecule has 13 atom stereocenters. The molecule has 0 unspecified atom stereocenters. The summed E-state index contributed by atoms with van der Waals surface area (Å²) >= 11 is 0. The molecule has 302 valence electrons. The van der Waals surface area contributed by atoms with Gasteiger partial charge in [0, 0.05) is 37.3 Å². The van der Waals surface area contributed by atoms with Gasteiger partial charge in [0.25, 0.3) is 0 Å². The molecule has 0 radical (unpaired) electrons. The van der Waals surface area contributed by atoms with Gasteiger partial charge in [-0.3, -0.25) is 24.6 Å². The first-order valence-corrected chi connectivity index (χ1v) is 19.1. The van der Waals surface area contributed by atoms with Crippen LogP contribution in [0.25, 0.3) is 0 Å². The van der Waals surface area contributed by atoms with E-state index < -0.39 is 89.3 Å². The fourth-order valence-electron chi connectivity index (χ4n) is 8.58.